The van der Waals surface area contributed by atoms with Crippen molar-refractivity contribution in [1.82, 2.24) is 5.10 Å². The lowest BCUT2D eigenvalue weighted by Crippen LogP contribution is -3.00. The minimum atomic E-state index is -0.238. The van der Waals surface area contributed by atoms with Crippen molar-refractivity contribution in [3.8, 4) is 11.5 Å². The number of azo groups is 1. The molecule has 0 fully saturated rings. The van der Waals surface area contributed by atoms with Crippen LogP contribution in [0, 0.1) is 0 Å². The van der Waals surface area contributed by atoms with Gasteiger partial charge in [0, 0.05) is 30.8 Å². The van der Waals surface area contributed by atoms with Crippen molar-refractivity contribution in [2.75, 3.05) is 35.9 Å². The zero-order chi connectivity index (χ0) is 27.8. The van der Waals surface area contributed by atoms with Crippen LogP contribution in [-0.2, 0) is 11.8 Å². The molecule has 0 saturated heterocycles. The van der Waals surface area contributed by atoms with E-state index in [4.69, 9.17) is 14.6 Å². The summed E-state index contributed by atoms with van der Waals surface area (Å²) in [6, 6.07) is 11.3. The number of rotatable bonds is 12. The maximum atomic E-state index is 12.0. The molecular weight excluding hydrogens is 542 g/mol. The standard InChI is InChI=1S/C26H35N7O4S.ClH/c1-16(2)33(17(3)4)26-31-32(6)25(38-26)30-29-22-15-24(36-7)23(14-21(22)27-18(5)35)28-19-8-10-20(11-9-19)37-13-12-34;/h8-11,14-17,34H,12-13H2,1-7H3,(H,27,28,35);1H. The molecule has 39 heavy (non-hydrogen) atoms. The van der Waals surface area contributed by atoms with Crippen LogP contribution in [0.25, 0.3) is 0 Å². The average Bonchev–Trinajstić information content (AvgIpc) is 3.21. The van der Waals surface area contributed by atoms with Gasteiger partial charge in [0.25, 0.3) is 0 Å². The Balaban J connectivity index is 0.00000533. The van der Waals surface area contributed by atoms with E-state index in [-0.39, 0.29) is 43.6 Å². The Morgan fingerprint density at radius 1 is 1.13 bits per heavy atom. The van der Waals surface area contributed by atoms with E-state index in [9.17, 15) is 4.79 Å². The van der Waals surface area contributed by atoms with Gasteiger partial charge in [-0.1, -0.05) is 5.10 Å². The van der Waals surface area contributed by atoms with E-state index < -0.39 is 0 Å². The molecule has 3 rings (SSSR count). The van der Waals surface area contributed by atoms with Crippen LogP contribution in [0.1, 0.15) is 34.6 Å². The molecule has 1 heterocycles. The van der Waals surface area contributed by atoms with Crippen LogP contribution >= 0.6 is 11.3 Å². The zero-order valence-corrected chi connectivity index (χ0v) is 24.8. The number of ether oxygens (including phenoxy) is 2. The lowest BCUT2D eigenvalue weighted by atomic mass is 10.2. The van der Waals surface area contributed by atoms with Crippen molar-refractivity contribution in [2.24, 2.45) is 17.3 Å². The molecule has 2 aromatic carbocycles. The number of hydrogen-bond acceptors (Lipinski definition) is 10. The lowest BCUT2D eigenvalue weighted by molar-refractivity contribution is -0.712. The Kier molecular flexibility index (Phi) is 11.9. The number of aliphatic hydroxyl groups excluding tert-OH is 1. The number of halogens is 1. The monoisotopic (exact) mass is 577 g/mol. The molecule has 1 aromatic heterocycles. The fourth-order valence-electron chi connectivity index (χ4n) is 3.83. The molecule has 11 nitrogen and oxygen atoms in total. The van der Waals surface area contributed by atoms with Crippen molar-refractivity contribution in [2.45, 2.75) is 46.7 Å². The third-order valence-corrected chi connectivity index (χ3v) is 6.40. The van der Waals surface area contributed by atoms with Crippen molar-refractivity contribution in [3.05, 3.63) is 36.4 Å². The molecule has 212 valence electrons. The Bertz CT molecular complexity index is 1260. The molecule has 0 bridgehead atoms. The number of hydrogen-bond donors (Lipinski definition) is 3. The summed E-state index contributed by atoms with van der Waals surface area (Å²) in [6.45, 7) is 10.1. The fourth-order valence-corrected chi connectivity index (χ4v) is 4.93. The molecular formula is C26H36ClN7O4S. The first-order valence-electron chi connectivity index (χ1n) is 12.3. The van der Waals surface area contributed by atoms with E-state index >= 15 is 0 Å². The van der Waals surface area contributed by atoms with Gasteiger partial charge in [0.15, 0.2) is 0 Å². The van der Waals surface area contributed by atoms with E-state index in [1.807, 2.05) is 19.2 Å². The molecule has 1 amide bonds. The third kappa shape index (κ3) is 8.50. The SMILES string of the molecule is COc1cc(N=Nc2sc(N(C(C)C)C(C)C)n[n+]2C)c(NC(C)=O)cc1Nc1ccc(OCCO)cc1.[Cl-]. The van der Waals surface area contributed by atoms with Crippen molar-refractivity contribution >= 4 is 50.3 Å². The summed E-state index contributed by atoms with van der Waals surface area (Å²) < 4.78 is 12.7. The highest BCUT2D eigenvalue weighted by atomic mass is 35.5. The van der Waals surface area contributed by atoms with Crippen LogP contribution < -0.4 is 42.1 Å². The molecule has 0 spiro atoms. The predicted octanol–water partition coefficient (Wildman–Crippen LogP) is 2.09. The Morgan fingerprint density at radius 2 is 1.79 bits per heavy atom. The largest absolute Gasteiger partial charge is 1.00 e. The summed E-state index contributed by atoms with van der Waals surface area (Å²) in [4.78, 5) is 14.2. The average molecular weight is 578 g/mol. The van der Waals surface area contributed by atoms with E-state index in [0.717, 1.165) is 10.8 Å². The number of aryl methyl sites for hydroxylation is 1. The van der Waals surface area contributed by atoms with E-state index in [1.165, 1.54) is 18.3 Å². The molecule has 13 heteroatoms. The first-order valence-corrected chi connectivity index (χ1v) is 13.1. The molecule has 0 aliphatic rings. The maximum absolute atomic E-state index is 12.0. The van der Waals surface area contributed by atoms with Gasteiger partial charge in [-0.05, 0) is 74.5 Å². The van der Waals surface area contributed by atoms with Gasteiger partial charge < -0.3 is 42.5 Å². The van der Waals surface area contributed by atoms with Gasteiger partial charge in [-0.15, -0.1) is 4.68 Å². The third-order valence-electron chi connectivity index (χ3n) is 5.39. The smallest absolute Gasteiger partial charge is 0.431 e. The number of carbonyl (C=O) groups is 1. The molecule has 3 aromatic rings. The number of nitrogens with zero attached hydrogens (tertiary/aromatic N) is 5. The van der Waals surface area contributed by atoms with E-state index in [2.05, 4.69) is 58.6 Å². The summed E-state index contributed by atoms with van der Waals surface area (Å²) in [7, 11) is 3.39. The Morgan fingerprint density at radius 3 is 2.36 bits per heavy atom. The molecule has 0 radical (unpaired) electrons. The van der Waals surface area contributed by atoms with Gasteiger partial charge in [0.2, 0.25) is 11.0 Å². The molecule has 0 aliphatic heterocycles. The van der Waals surface area contributed by atoms with Gasteiger partial charge in [-0.2, -0.15) is 0 Å². The number of benzene rings is 2. The van der Waals surface area contributed by atoms with Gasteiger partial charge in [0.1, 0.15) is 30.8 Å². The van der Waals surface area contributed by atoms with Gasteiger partial charge in [-0.3, -0.25) is 4.79 Å². The van der Waals surface area contributed by atoms with Crippen LogP contribution in [0.4, 0.5) is 33.0 Å². The number of methoxy groups -OCH3 is 1. The number of amides is 1. The van der Waals surface area contributed by atoms with Gasteiger partial charge >= 0.3 is 5.13 Å². The minimum Gasteiger partial charge on any atom is -1.00 e. The van der Waals surface area contributed by atoms with E-state index in [0.29, 0.717) is 33.7 Å². The molecule has 3 N–H and O–H groups in total. The first kappa shape index (κ1) is 31.7. The highest BCUT2D eigenvalue weighted by molar-refractivity contribution is 7.18. The van der Waals surface area contributed by atoms with Crippen molar-refractivity contribution < 1.29 is 36.5 Å². The van der Waals surface area contributed by atoms with Crippen LogP contribution in [0.5, 0.6) is 11.5 Å². The quantitative estimate of drug-likeness (QED) is 0.222. The van der Waals surface area contributed by atoms with Crippen LogP contribution in [0.2, 0.25) is 0 Å². The molecule has 0 saturated carbocycles. The van der Waals surface area contributed by atoms with E-state index in [1.54, 1.807) is 36.1 Å². The minimum absolute atomic E-state index is 0. The van der Waals surface area contributed by atoms with Crippen LogP contribution in [0.3, 0.4) is 0 Å². The highest BCUT2D eigenvalue weighted by Gasteiger charge is 2.24. The Labute approximate surface area is 239 Å². The Hall–Kier alpha value is -3.48. The van der Waals surface area contributed by atoms with Gasteiger partial charge in [-0.25, -0.2) is 0 Å². The second kappa shape index (κ2) is 14.6. The maximum Gasteiger partial charge on any atom is 0.431 e. The second-order valence-electron chi connectivity index (χ2n) is 9.06. The molecule has 0 atom stereocenters. The van der Waals surface area contributed by atoms with Gasteiger partial charge in [0.05, 0.1) is 30.2 Å². The molecule has 0 unspecified atom stereocenters. The number of nitrogens with one attached hydrogen (secondary N) is 2. The summed E-state index contributed by atoms with van der Waals surface area (Å²) >= 11 is 1.45. The predicted molar refractivity (Wildman–Crippen MR) is 150 cm³/mol. The number of aromatic nitrogens is 2. The van der Waals surface area contributed by atoms with Crippen LogP contribution in [-0.4, -0.2) is 48.5 Å². The number of aliphatic hydroxyl groups is 1. The highest BCUT2D eigenvalue weighted by Crippen LogP contribution is 2.39. The normalized spacial score (nSPS) is 11.0. The fraction of sp³-hybridized carbons (Fsp3) is 0.423. The zero-order valence-electron chi connectivity index (χ0n) is 23.2. The second-order valence-corrected chi connectivity index (χ2v) is 9.99. The lowest BCUT2D eigenvalue weighted by Gasteiger charge is -2.28. The number of anilines is 4. The summed E-state index contributed by atoms with van der Waals surface area (Å²) in [5, 5.41) is 30.1. The summed E-state index contributed by atoms with van der Waals surface area (Å²) in [5.41, 5.74) is 2.34. The topological polar surface area (TPSA) is 125 Å². The van der Waals surface area contributed by atoms with Crippen LogP contribution in [0.15, 0.2) is 46.6 Å². The molecule has 0 aliphatic carbocycles. The van der Waals surface area contributed by atoms with Crippen molar-refractivity contribution in [3.63, 3.8) is 0 Å². The number of carbonyl (C=O) groups excluding carboxylic acids is 1. The van der Waals surface area contributed by atoms with Crippen molar-refractivity contribution in [1.29, 1.82) is 0 Å². The summed E-state index contributed by atoms with van der Waals surface area (Å²) in [5.74, 6) is 0.933. The first-order chi connectivity index (χ1) is 18.1. The summed E-state index contributed by atoms with van der Waals surface area (Å²) in [6.07, 6.45) is 0.